The van der Waals surface area contributed by atoms with Crippen LogP contribution in [0.5, 0.6) is 0 Å². The quantitative estimate of drug-likeness (QED) is 0.661. The van der Waals surface area contributed by atoms with Crippen molar-refractivity contribution >= 4 is 17.7 Å². The zero-order chi connectivity index (χ0) is 17.5. The lowest BCUT2D eigenvalue weighted by Gasteiger charge is -2.07. The van der Waals surface area contributed by atoms with Gasteiger partial charge in [0.1, 0.15) is 0 Å². The van der Waals surface area contributed by atoms with Gasteiger partial charge in [0.15, 0.2) is 0 Å². The van der Waals surface area contributed by atoms with Gasteiger partial charge in [-0.2, -0.15) is 5.10 Å². The number of nitrogens with zero attached hydrogens (tertiary/aromatic N) is 2. The molecule has 1 heterocycles. The first kappa shape index (κ1) is 17.3. The minimum atomic E-state index is 0.0683. The Labute approximate surface area is 152 Å². The second kappa shape index (κ2) is 8.53. The molecule has 0 fully saturated rings. The maximum Gasteiger partial charge on any atom is 0.230 e. The van der Waals surface area contributed by atoms with E-state index in [9.17, 15) is 4.79 Å². The third-order valence-electron chi connectivity index (χ3n) is 3.83. The summed E-state index contributed by atoms with van der Waals surface area (Å²) < 4.78 is 1.83. The molecule has 0 saturated heterocycles. The van der Waals surface area contributed by atoms with Crippen LogP contribution in [-0.2, 0) is 11.2 Å². The van der Waals surface area contributed by atoms with Crippen molar-refractivity contribution in [2.24, 2.45) is 0 Å². The number of aryl methyl sites for hydroxylation is 1. The van der Waals surface area contributed by atoms with Crippen LogP contribution in [0.4, 0.5) is 0 Å². The van der Waals surface area contributed by atoms with E-state index in [0.717, 1.165) is 17.0 Å². The van der Waals surface area contributed by atoms with E-state index in [1.807, 2.05) is 29.1 Å². The second-order valence-corrected chi connectivity index (χ2v) is 6.87. The number of hydrogen-bond acceptors (Lipinski definition) is 3. The number of amides is 1. The molecule has 25 heavy (non-hydrogen) atoms. The van der Waals surface area contributed by atoms with Gasteiger partial charge in [-0.15, -0.1) is 11.8 Å². The van der Waals surface area contributed by atoms with Crippen molar-refractivity contribution in [3.63, 3.8) is 0 Å². The van der Waals surface area contributed by atoms with Crippen molar-refractivity contribution in [2.45, 2.75) is 18.2 Å². The average Bonchev–Trinajstić information content (AvgIpc) is 3.16. The molecule has 5 heteroatoms. The molecule has 0 unspecified atom stereocenters. The SMILES string of the molecule is Cc1ccc(SCC(=O)NCCc2ccc(-n3cccn3)cc2)cc1. The summed E-state index contributed by atoms with van der Waals surface area (Å²) in [6.07, 6.45) is 4.50. The lowest BCUT2D eigenvalue weighted by atomic mass is 10.1. The summed E-state index contributed by atoms with van der Waals surface area (Å²) in [5.41, 5.74) is 3.46. The number of nitrogens with one attached hydrogen (secondary N) is 1. The van der Waals surface area contributed by atoms with Crippen LogP contribution in [-0.4, -0.2) is 28.0 Å². The monoisotopic (exact) mass is 351 g/mol. The Kier molecular flexibility index (Phi) is 5.90. The van der Waals surface area contributed by atoms with E-state index in [1.54, 1.807) is 18.0 Å². The van der Waals surface area contributed by atoms with Crippen molar-refractivity contribution in [1.82, 2.24) is 15.1 Å². The minimum Gasteiger partial charge on any atom is -0.355 e. The standard InChI is InChI=1S/C20H21N3OS/c1-16-3-9-19(10-4-16)25-15-20(24)21-13-11-17-5-7-18(8-6-17)23-14-2-12-22-23/h2-10,12,14H,11,13,15H2,1H3,(H,21,24). The van der Waals surface area contributed by atoms with Crippen molar-refractivity contribution in [3.05, 3.63) is 78.1 Å². The predicted molar refractivity (Wildman–Crippen MR) is 102 cm³/mol. The summed E-state index contributed by atoms with van der Waals surface area (Å²) in [5, 5.41) is 7.19. The fraction of sp³-hybridized carbons (Fsp3) is 0.200. The molecule has 128 valence electrons. The number of hydrogen-bond donors (Lipinski definition) is 1. The maximum absolute atomic E-state index is 11.9. The molecule has 1 N–H and O–H groups in total. The van der Waals surface area contributed by atoms with Gasteiger partial charge in [-0.05, 0) is 49.2 Å². The first-order valence-corrected chi connectivity index (χ1v) is 9.24. The van der Waals surface area contributed by atoms with Crippen LogP contribution in [0.1, 0.15) is 11.1 Å². The van der Waals surface area contributed by atoms with E-state index in [-0.39, 0.29) is 5.91 Å². The summed E-state index contributed by atoms with van der Waals surface area (Å²) in [5.74, 6) is 0.514. The van der Waals surface area contributed by atoms with Crippen molar-refractivity contribution in [3.8, 4) is 5.69 Å². The van der Waals surface area contributed by atoms with Crippen LogP contribution in [0.25, 0.3) is 5.69 Å². The summed E-state index contributed by atoms with van der Waals surface area (Å²) in [6, 6.07) is 18.4. The zero-order valence-corrected chi connectivity index (χ0v) is 15.0. The number of rotatable bonds is 7. The first-order chi connectivity index (χ1) is 12.2. The molecule has 3 rings (SSSR count). The highest BCUT2D eigenvalue weighted by molar-refractivity contribution is 8.00. The fourth-order valence-electron chi connectivity index (χ4n) is 2.42. The lowest BCUT2D eigenvalue weighted by Crippen LogP contribution is -2.27. The third kappa shape index (κ3) is 5.22. The van der Waals surface area contributed by atoms with Crippen LogP contribution < -0.4 is 5.32 Å². The van der Waals surface area contributed by atoms with E-state index >= 15 is 0 Å². The van der Waals surface area contributed by atoms with Gasteiger partial charge in [0.05, 0.1) is 11.4 Å². The molecule has 0 atom stereocenters. The molecule has 2 aromatic carbocycles. The molecule has 0 spiro atoms. The Balaban J connectivity index is 1.40. The van der Waals surface area contributed by atoms with Crippen LogP contribution in [0.3, 0.4) is 0 Å². The van der Waals surface area contributed by atoms with Gasteiger partial charge in [-0.3, -0.25) is 4.79 Å². The summed E-state index contributed by atoms with van der Waals surface area (Å²) >= 11 is 1.56. The van der Waals surface area contributed by atoms with Gasteiger partial charge in [0.25, 0.3) is 0 Å². The summed E-state index contributed by atoms with van der Waals surface area (Å²) in [4.78, 5) is 13.1. The molecule has 0 saturated carbocycles. The second-order valence-electron chi connectivity index (χ2n) is 5.82. The number of carbonyl (C=O) groups excluding carboxylic acids is 1. The first-order valence-electron chi connectivity index (χ1n) is 8.26. The molecule has 0 bridgehead atoms. The minimum absolute atomic E-state index is 0.0683. The number of benzene rings is 2. The maximum atomic E-state index is 11.9. The zero-order valence-electron chi connectivity index (χ0n) is 14.2. The summed E-state index contributed by atoms with van der Waals surface area (Å²) in [6.45, 7) is 2.71. The van der Waals surface area contributed by atoms with Crippen molar-refractivity contribution in [2.75, 3.05) is 12.3 Å². The number of thioether (sulfide) groups is 1. The van der Waals surface area contributed by atoms with Crippen LogP contribution >= 0.6 is 11.8 Å². The summed E-state index contributed by atoms with van der Waals surface area (Å²) in [7, 11) is 0. The highest BCUT2D eigenvalue weighted by atomic mass is 32.2. The van der Waals surface area contributed by atoms with Crippen molar-refractivity contribution in [1.29, 1.82) is 0 Å². The predicted octanol–water partition coefficient (Wildman–Crippen LogP) is 3.63. The highest BCUT2D eigenvalue weighted by Crippen LogP contribution is 2.17. The van der Waals surface area contributed by atoms with E-state index in [0.29, 0.717) is 12.3 Å². The van der Waals surface area contributed by atoms with Gasteiger partial charge < -0.3 is 5.32 Å². The fourth-order valence-corrected chi connectivity index (χ4v) is 3.15. The Morgan fingerprint density at radius 1 is 1.12 bits per heavy atom. The number of aromatic nitrogens is 2. The third-order valence-corrected chi connectivity index (χ3v) is 4.84. The Hall–Kier alpha value is -2.53. The van der Waals surface area contributed by atoms with Crippen LogP contribution in [0.2, 0.25) is 0 Å². The van der Waals surface area contributed by atoms with Gasteiger partial charge in [0, 0.05) is 23.8 Å². The Bertz CT molecular complexity index is 796. The number of carbonyl (C=O) groups is 1. The molecule has 0 aliphatic rings. The molecule has 1 aromatic heterocycles. The van der Waals surface area contributed by atoms with E-state index in [2.05, 4.69) is 53.7 Å². The smallest absolute Gasteiger partial charge is 0.230 e. The van der Waals surface area contributed by atoms with Gasteiger partial charge >= 0.3 is 0 Å². The van der Waals surface area contributed by atoms with E-state index < -0.39 is 0 Å². The largest absolute Gasteiger partial charge is 0.355 e. The molecule has 0 radical (unpaired) electrons. The lowest BCUT2D eigenvalue weighted by molar-refractivity contribution is -0.118. The molecular weight excluding hydrogens is 330 g/mol. The molecule has 3 aromatic rings. The van der Waals surface area contributed by atoms with Gasteiger partial charge in [0.2, 0.25) is 5.91 Å². The van der Waals surface area contributed by atoms with Gasteiger partial charge in [-0.1, -0.05) is 29.8 Å². The van der Waals surface area contributed by atoms with E-state index in [4.69, 9.17) is 0 Å². The van der Waals surface area contributed by atoms with E-state index in [1.165, 1.54) is 11.1 Å². The topological polar surface area (TPSA) is 46.9 Å². The van der Waals surface area contributed by atoms with Crippen molar-refractivity contribution < 1.29 is 4.79 Å². The van der Waals surface area contributed by atoms with Crippen LogP contribution in [0.15, 0.2) is 71.9 Å². The molecule has 1 amide bonds. The normalized spacial score (nSPS) is 10.6. The Morgan fingerprint density at radius 2 is 1.88 bits per heavy atom. The molecular formula is C20H21N3OS. The van der Waals surface area contributed by atoms with Crippen LogP contribution in [0, 0.1) is 6.92 Å². The Morgan fingerprint density at radius 3 is 2.56 bits per heavy atom. The molecule has 0 aliphatic heterocycles. The average molecular weight is 351 g/mol. The highest BCUT2D eigenvalue weighted by Gasteiger charge is 2.03. The molecule has 0 aliphatic carbocycles. The van der Waals surface area contributed by atoms with Gasteiger partial charge in [-0.25, -0.2) is 4.68 Å². The molecule has 4 nitrogen and oxygen atoms in total.